The van der Waals surface area contributed by atoms with Crippen LogP contribution in [0.25, 0.3) is 0 Å². The third kappa shape index (κ3) is 4.84. The fraction of sp³-hybridized carbons (Fsp3) is 0.294. The Labute approximate surface area is 134 Å². The van der Waals surface area contributed by atoms with E-state index in [1.165, 1.54) is 16.7 Å². The number of benzene rings is 2. The minimum Gasteiger partial charge on any atom is -0.497 e. The second-order valence-electron chi connectivity index (χ2n) is 4.81. The van der Waals surface area contributed by atoms with Crippen molar-refractivity contribution in [3.63, 3.8) is 0 Å². The number of hydrogen-bond donors (Lipinski definition) is 1. The van der Waals surface area contributed by atoms with Crippen LogP contribution in [0.2, 0.25) is 0 Å². The van der Waals surface area contributed by atoms with E-state index in [1.807, 2.05) is 18.2 Å². The molecule has 0 radical (unpaired) electrons. The molecule has 0 fully saturated rings. The summed E-state index contributed by atoms with van der Waals surface area (Å²) >= 11 is 3.57. The number of methoxy groups -OCH3 is 2. The Hall–Kier alpha value is -1.36. The predicted octanol–water partition coefficient (Wildman–Crippen LogP) is 3.89. The third-order valence-electron chi connectivity index (χ3n) is 3.20. The average molecular weight is 350 g/mol. The van der Waals surface area contributed by atoms with Gasteiger partial charge in [0.2, 0.25) is 0 Å². The molecule has 4 heteroatoms. The summed E-state index contributed by atoms with van der Waals surface area (Å²) in [6.45, 7) is 2.25. The lowest BCUT2D eigenvalue weighted by molar-refractivity contribution is 0.185. The standard InChI is InChI=1S/C17H20BrNO2/c1-20-12-14-5-3-4-13(8-14)10-19-11-15-9-16(21-2)6-7-17(15)18/h3-9,19H,10-12H2,1-2H3. The van der Waals surface area contributed by atoms with Gasteiger partial charge in [-0.1, -0.05) is 40.2 Å². The first-order valence-corrected chi connectivity index (χ1v) is 7.62. The average Bonchev–Trinajstić information content (AvgIpc) is 2.50. The van der Waals surface area contributed by atoms with Crippen molar-refractivity contribution in [1.82, 2.24) is 5.32 Å². The molecule has 2 aromatic rings. The van der Waals surface area contributed by atoms with Crippen LogP contribution in [0.5, 0.6) is 5.75 Å². The normalized spacial score (nSPS) is 10.6. The summed E-state index contributed by atoms with van der Waals surface area (Å²) < 4.78 is 11.5. The Morgan fingerprint density at radius 1 is 1.00 bits per heavy atom. The summed E-state index contributed by atoms with van der Waals surface area (Å²) in [5, 5.41) is 3.45. The van der Waals surface area contributed by atoms with E-state index in [9.17, 15) is 0 Å². The van der Waals surface area contributed by atoms with Gasteiger partial charge in [-0.25, -0.2) is 0 Å². The van der Waals surface area contributed by atoms with Gasteiger partial charge >= 0.3 is 0 Å². The van der Waals surface area contributed by atoms with Gasteiger partial charge in [0, 0.05) is 24.7 Å². The number of halogens is 1. The molecular formula is C17H20BrNO2. The Balaban J connectivity index is 1.93. The minimum atomic E-state index is 0.648. The molecule has 0 aliphatic heterocycles. The van der Waals surface area contributed by atoms with Crippen molar-refractivity contribution in [3.8, 4) is 5.75 Å². The first kappa shape index (κ1) is 16.0. The fourth-order valence-corrected chi connectivity index (χ4v) is 2.54. The van der Waals surface area contributed by atoms with Gasteiger partial charge in [0.1, 0.15) is 5.75 Å². The van der Waals surface area contributed by atoms with Gasteiger partial charge in [0.25, 0.3) is 0 Å². The molecule has 0 bridgehead atoms. The second kappa shape index (κ2) is 8.17. The molecule has 0 aliphatic rings. The first-order chi connectivity index (χ1) is 10.2. The summed E-state index contributed by atoms with van der Waals surface area (Å²) in [6.07, 6.45) is 0. The van der Waals surface area contributed by atoms with Crippen molar-refractivity contribution < 1.29 is 9.47 Å². The van der Waals surface area contributed by atoms with Crippen LogP contribution < -0.4 is 10.1 Å². The maximum atomic E-state index is 5.25. The molecule has 0 saturated carbocycles. The molecule has 2 rings (SSSR count). The van der Waals surface area contributed by atoms with Gasteiger partial charge in [-0.2, -0.15) is 0 Å². The topological polar surface area (TPSA) is 30.5 Å². The zero-order chi connectivity index (χ0) is 15.1. The van der Waals surface area contributed by atoms with Crippen molar-refractivity contribution >= 4 is 15.9 Å². The monoisotopic (exact) mass is 349 g/mol. The molecule has 0 atom stereocenters. The van der Waals surface area contributed by atoms with Gasteiger partial charge in [-0.3, -0.25) is 0 Å². The molecule has 1 N–H and O–H groups in total. The fourth-order valence-electron chi connectivity index (χ4n) is 2.15. The van der Waals surface area contributed by atoms with E-state index in [-0.39, 0.29) is 0 Å². The highest BCUT2D eigenvalue weighted by atomic mass is 79.9. The molecule has 3 nitrogen and oxygen atoms in total. The van der Waals surface area contributed by atoms with E-state index in [4.69, 9.17) is 9.47 Å². The highest BCUT2D eigenvalue weighted by molar-refractivity contribution is 9.10. The van der Waals surface area contributed by atoms with E-state index in [2.05, 4.69) is 45.5 Å². The molecule has 0 spiro atoms. The van der Waals surface area contributed by atoms with Crippen LogP contribution in [0.3, 0.4) is 0 Å². The molecule has 0 amide bonds. The van der Waals surface area contributed by atoms with Crippen LogP contribution in [-0.4, -0.2) is 14.2 Å². The number of nitrogens with one attached hydrogen (secondary N) is 1. The van der Waals surface area contributed by atoms with E-state index in [1.54, 1.807) is 14.2 Å². The Bertz CT molecular complexity index is 587. The summed E-state index contributed by atoms with van der Waals surface area (Å²) in [6, 6.07) is 14.4. The van der Waals surface area contributed by atoms with Crippen LogP contribution in [0.1, 0.15) is 16.7 Å². The highest BCUT2D eigenvalue weighted by Crippen LogP contribution is 2.22. The van der Waals surface area contributed by atoms with Crippen molar-refractivity contribution in [3.05, 3.63) is 63.6 Å². The maximum absolute atomic E-state index is 5.25. The lowest BCUT2D eigenvalue weighted by atomic mass is 10.1. The smallest absolute Gasteiger partial charge is 0.119 e. The zero-order valence-corrected chi connectivity index (χ0v) is 13.9. The largest absolute Gasteiger partial charge is 0.497 e. The van der Waals surface area contributed by atoms with Crippen molar-refractivity contribution in [1.29, 1.82) is 0 Å². The number of hydrogen-bond acceptors (Lipinski definition) is 3. The maximum Gasteiger partial charge on any atom is 0.119 e. The minimum absolute atomic E-state index is 0.648. The first-order valence-electron chi connectivity index (χ1n) is 6.83. The number of ether oxygens (including phenoxy) is 2. The molecule has 2 aromatic carbocycles. The molecule has 0 saturated heterocycles. The van der Waals surface area contributed by atoms with Gasteiger partial charge in [-0.15, -0.1) is 0 Å². The zero-order valence-electron chi connectivity index (χ0n) is 12.4. The SMILES string of the molecule is COCc1cccc(CNCc2cc(OC)ccc2Br)c1. The lowest BCUT2D eigenvalue weighted by Crippen LogP contribution is -2.13. The predicted molar refractivity (Wildman–Crippen MR) is 88.4 cm³/mol. The lowest BCUT2D eigenvalue weighted by Gasteiger charge is -2.10. The van der Waals surface area contributed by atoms with Crippen LogP contribution in [0.15, 0.2) is 46.9 Å². The molecule has 112 valence electrons. The van der Waals surface area contributed by atoms with Crippen molar-refractivity contribution in [2.75, 3.05) is 14.2 Å². The van der Waals surface area contributed by atoms with Gasteiger partial charge in [0.05, 0.1) is 13.7 Å². The Morgan fingerprint density at radius 3 is 2.57 bits per heavy atom. The van der Waals surface area contributed by atoms with E-state index >= 15 is 0 Å². The van der Waals surface area contributed by atoms with E-state index in [0.29, 0.717) is 6.61 Å². The van der Waals surface area contributed by atoms with Gasteiger partial charge < -0.3 is 14.8 Å². The van der Waals surface area contributed by atoms with Gasteiger partial charge in [-0.05, 0) is 34.9 Å². The molecule has 0 heterocycles. The van der Waals surface area contributed by atoms with Crippen molar-refractivity contribution in [2.45, 2.75) is 19.7 Å². The molecule has 0 unspecified atom stereocenters. The quantitative estimate of drug-likeness (QED) is 0.822. The summed E-state index contributed by atoms with van der Waals surface area (Å²) in [7, 11) is 3.40. The van der Waals surface area contributed by atoms with Crippen LogP contribution in [-0.2, 0) is 24.4 Å². The highest BCUT2D eigenvalue weighted by Gasteiger charge is 2.02. The summed E-state index contributed by atoms with van der Waals surface area (Å²) in [4.78, 5) is 0. The summed E-state index contributed by atoms with van der Waals surface area (Å²) in [5.74, 6) is 0.872. The van der Waals surface area contributed by atoms with E-state index in [0.717, 1.165) is 23.3 Å². The molecule has 21 heavy (non-hydrogen) atoms. The summed E-state index contributed by atoms with van der Waals surface area (Å²) in [5.41, 5.74) is 3.63. The Kier molecular flexibility index (Phi) is 6.23. The third-order valence-corrected chi connectivity index (χ3v) is 3.97. The van der Waals surface area contributed by atoms with Crippen molar-refractivity contribution in [2.24, 2.45) is 0 Å². The molecule has 0 aromatic heterocycles. The molecular weight excluding hydrogens is 330 g/mol. The number of rotatable bonds is 7. The van der Waals surface area contributed by atoms with Crippen LogP contribution >= 0.6 is 15.9 Å². The Morgan fingerprint density at radius 2 is 1.81 bits per heavy atom. The molecule has 0 aliphatic carbocycles. The van der Waals surface area contributed by atoms with Crippen LogP contribution in [0, 0.1) is 0 Å². The second-order valence-corrected chi connectivity index (χ2v) is 5.67. The van der Waals surface area contributed by atoms with Gasteiger partial charge in [0.15, 0.2) is 0 Å². The van der Waals surface area contributed by atoms with Crippen LogP contribution in [0.4, 0.5) is 0 Å². The van der Waals surface area contributed by atoms with E-state index < -0.39 is 0 Å².